The van der Waals surface area contributed by atoms with E-state index in [-0.39, 0.29) is 44.4 Å². The molecule has 7 heteroatoms. The molecule has 23 heavy (non-hydrogen) atoms. The van der Waals surface area contributed by atoms with Crippen LogP contribution in [0.5, 0.6) is 5.75 Å². The summed E-state index contributed by atoms with van der Waals surface area (Å²) in [5.74, 6) is 5.19. The lowest BCUT2D eigenvalue weighted by molar-refractivity contribution is -0.142. The van der Waals surface area contributed by atoms with Gasteiger partial charge in [0.25, 0.3) is 0 Å². The number of likely N-dealkylation sites (tertiary alicyclic amines) is 1. The van der Waals surface area contributed by atoms with E-state index in [2.05, 4.69) is 33.1 Å². The zero-order valence-corrected chi connectivity index (χ0v) is 13.9. The van der Waals surface area contributed by atoms with Gasteiger partial charge < -0.3 is 10.1 Å². The molecule has 1 aromatic rings. The first-order valence-electron chi connectivity index (χ1n) is 7.00. The quantitative estimate of drug-likeness (QED) is 0.614. The molecule has 1 heterocycles. The Morgan fingerprint density at radius 2 is 2.00 bits per heavy atom. The fourth-order valence-electron chi connectivity index (χ4n) is 1.93. The maximum absolute atomic E-state index is 11.6. The van der Waals surface area contributed by atoms with Crippen LogP contribution in [0.3, 0.4) is 0 Å². The maximum atomic E-state index is 11.6. The summed E-state index contributed by atoms with van der Waals surface area (Å²) in [5.41, 5.74) is 0. The predicted molar refractivity (Wildman–Crippen MR) is 86.4 cm³/mol. The molecule has 1 N–H and O–H groups in total. The van der Waals surface area contributed by atoms with Crippen molar-refractivity contribution in [2.24, 2.45) is 0 Å². The van der Waals surface area contributed by atoms with Gasteiger partial charge in [-0.05, 0) is 18.2 Å². The molecule has 0 saturated carbocycles. The lowest BCUT2D eigenvalue weighted by atomic mass is 10.3. The number of hydrogen-bond acceptors (Lipinski definition) is 4. The van der Waals surface area contributed by atoms with E-state index in [1.807, 2.05) is 24.3 Å². The van der Waals surface area contributed by atoms with Crippen LogP contribution in [0.15, 0.2) is 28.7 Å². The average Bonchev–Trinajstić information content (AvgIpc) is 2.83. The molecule has 120 valence electrons. The number of rotatable bonds is 5. The smallest absolute Gasteiger partial charge is 0.240 e. The monoisotopic (exact) mass is 378 g/mol. The van der Waals surface area contributed by atoms with Crippen molar-refractivity contribution >= 4 is 33.7 Å². The average molecular weight is 379 g/mol. The van der Waals surface area contributed by atoms with Crippen molar-refractivity contribution in [1.82, 2.24) is 10.2 Å². The Balaban J connectivity index is 1.66. The number of amides is 3. The topological polar surface area (TPSA) is 75.7 Å². The summed E-state index contributed by atoms with van der Waals surface area (Å²) in [5, 5.41) is 2.54. The maximum Gasteiger partial charge on any atom is 0.240 e. The van der Waals surface area contributed by atoms with Gasteiger partial charge in [-0.1, -0.05) is 33.8 Å². The van der Waals surface area contributed by atoms with Crippen molar-refractivity contribution in [3.63, 3.8) is 0 Å². The molecule has 1 aliphatic rings. The largest absolute Gasteiger partial charge is 0.481 e. The van der Waals surface area contributed by atoms with Crippen LogP contribution in [0, 0.1) is 11.8 Å². The number of hydrogen-bond donors (Lipinski definition) is 1. The highest BCUT2D eigenvalue weighted by Gasteiger charge is 2.30. The standard InChI is InChI=1S/C16H15BrN2O4/c17-12-4-3-5-13(10-12)23-9-2-1-8-18-14(20)11-19-15(21)6-7-16(19)22/h3-5,10H,6-9,11H2,(H,18,20). The molecule has 6 nitrogen and oxygen atoms in total. The van der Waals surface area contributed by atoms with Gasteiger partial charge in [0.1, 0.15) is 18.9 Å². The van der Waals surface area contributed by atoms with E-state index < -0.39 is 5.91 Å². The molecule has 1 aliphatic heterocycles. The van der Waals surface area contributed by atoms with Gasteiger partial charge in [0, 0.05) is 17.3 Å². The molecule has 0 aromatic heterocycles. The number of carbonyl (C=O) groups excluding carboxylic acids is 3. The Bertz CT molecular complexity index is 662. The number of nitrogens with zero attached hydrogens (tertiary/aromatic N) is 1. The SMILES string of the molecule is O=C(CN1C(=O)CCC1=O)NCC#CCOc1cccc(Br)c1. The second-order valence-corrected chi connectivity index (χ2v) is 5.67. The number of halogens is 1. The van der Waals surface area contributed by atoms with Crippen molar-refractivity contribution in [3.05, 3.63) is 28.7 Å². The molecule has 0 atom stereocenters. The van der Waals surface area contributed by atoms with Gasteiger partial charge in [-0.3, -0.25) is 19.3 Å². The minimum Gasteiger partial charge on any atom is -0.481 e. The molecule has 0 unspecified atom stereocenters. The molecular weight excluding hydrogens is 364 g/mol. The minimum atomic E-state index is -0.407. The molecule has 0 bridgehead atoms. The summed E-state index contributed by atoms with van der Waals surface area (Å²) in [6, 6.07) is 7.39. The zero-order chi connectivity index (χ0) is 16.7. The van der Waals surface area contributed by atoms with Crippen LogP contribution in [-0.4, -0.2) is 42.3 Å². The summed E-state index contributed by atoms with van der Waals surface area (Å²) >= 11 is 3.34. The molecule has 1 saturated heterocycles. The summed E-state index contributed by atoms with van der Waals surface area (Å²) in [4.78, 5) is 35.3. The highest BCUT2D eigenvalue weighted by Crippen LogP contribution is 2.17. The summed E-state index contributed by atoms with van der Waals surface area (Å²) in [6.07, 6.45) is 0.359. The van der Waals surface area contributed by atoms with E-state index >= 15 is 0 Å². The van der Waals surface area contributed by atoms with Crippen molar-refractivity contribution in [1.29, 1.82) is 0 Å². The van der Waals surface area contributed by atoms with Gasteiger partial charge in [0.15, 0.2) is 0 Å². The van der Waals surface area contributed by atoms with Crippen LogP contribution in [0.1, 0.15) is 12.8 Å². The second kappa shape index (κ2) is 8.34. The summed E-state index contributed by atoms with van der Waals surface area (Å²) in [7, 11) is 0. The van der Waals surface area contributed by atoms with Crippen molar-refractivity contribution < 1.29 is 19.1 Å². The van der Waals surface area contributed by atoms with Gasteiger partial charge in [0.2, 0.25) is 17.7 Å². The van der Waals surface area contributed by atoms with Crippen LogP contribution in [0.2, 0.25) is 0 Å². The lowest BCUT2D eigenvalue weighted by Gasteiger charge is -2.12. The third-order valence-electron chi connectivity index (χ3n) is 3.06. The van der Waals surface area contributed by atoms with E-state index in [0.29, 0.717) is 5.75 Å². The molecular formula is C16H15BrN2O4. The van der Waals surface area contributed by atoms with Crippen LogP contribution in [-0.2, 0) is 14.4 Å². The predicted octanol–water partition coefficient (Wildman–Crippen LogP) is 1.10. The molecule has 0 spiro atoms. The van der Waals surface area contributed by atoms with E-state index in [1.165, 1.54) is 0 Å². The number of imide groups is 1. The molecule has 1 aromatic carbocycles. The molecule has 3 amide bonds. The fraction of sp³-hybridized carbons (Fsp3) is 0.312. The summed E-state index contributed by atoms with van der Waals surface area (Å²) < 4.78 is 6.33. The third-order valence-corrected chi connectivity index (χ3v) is 3.56. The lowest BCUT2D eigenvalue weighted by Crippen LogP contribution is -2.40. The van der Waals surface area contributed by atoms with Crippen molar-refractivity contribution in [2.75, 3.05) is 19.7 Å². The van der Waals surface area contributed by atoms with Gasteiger partial charge in [0.05, 0.1) is 6.54 Å². The highest BCUT2D eigenvalue weighted by molar-refractivity contribution is 9.10. The third kappa shape index (κ3) is 5.42. The Kier molecular flexibility index (Phi) is 6.18. The fourth-order valence-corrected chi connectivity index (χ4v) is 2.31. The van der Waals surface area contributed by atoms with Gasteiger partial charge in [-0.2, -0.15) is 0 Å². The van der Waals surface area contributed by atoms with E-state index in [1.54, 1.807) is 0 Å². The van der Waals surface area contributed by atoms with Crippen LogP contribution >= 0.6 is 15.9 Å². The van der Waals surface area contributed by atoms with Crippen LogP contribution in [0.4, 0.5) is 0 Å². The normalized spacial score (nSPS) is 13.5. The minimum absolute atomic E-state index is 0.136. The van der Waals surface area contributed by atoms with E-state index in [4.69, 9.17) is 4.74 Å². The van der Waals surface area contributed by atoms with Gasteiger partial charge in [-0.25, -0.2) is 0 Å². The van der Waals surface area contributed by atoms with Crippen LogP contribution < -0.4 is 10.1 Å². The zero-order valence-electron chi connectivity index (χ0n) is 12.3. The number of ether oxygens (including phenoxy) is 1. The van der Waals surface area contributed by atoms with Crippen molar-refractivity contribution in [3.8, 4) is 17.6 Å². The van der Waals surface area contributed by atoms with Crippen LogP contribution in [0.25, 0.3) is 0 Å². The van der Waals surface area contributed by atoms with E-state index in [9.17, 15) is 14.4 Å². The Labute approximate surface area is 142 Å². The molecule has 0 radical (unpaired) electrons. The second-order valence-electron chi connectivity index (χ2n) is 4.75. The molecule has 0 aliphatic carbocycles. The van der Waals surface area contributed by atoms with Crippen molar-refractivity contribution in [2.45, 2.75) is 12.8 Å². The first-order valence-corrected chi connectivity index (χ1v) is 7.79. The Morgan fingerprint density at radius 1 is 1.26 bits per heavy atom. The number of benzene rings is 1. The number of carbonyl (C=O) groups is 3. The van der Waals surface area contributed by atoms with Gasteiger partial charge >= 0.3 is 0 Å². The molecule has 1 fully saturated rings. The Morgan fingerprint density at radius 3 is 2.70 bits per heavy atom. The van der Waals surface area contributed by atoms with Gasteiger partial charge in [-0.15, -0.1) is 0 Å². The van der Waals surface area contributed by atoms with E-state index in [0.717, 1.165) is 9.37 Å². The highest BCUT2D eigenvalue weighted by atomic mass is 79.9. The molecule has 2 rings (SSSR count). The summed E-state index contributed by atoms with van der Waals surface area (Å²) in [6.45, 7) is 0.0974. The Hall–Kier alpha value is -2.33. The number of nitrogens with one attached hydrogen (secondary N) is 1. The first-order chi connectivity index (χ1) is 11.1. The first kappa shape index (κ1) is 17.0.